The number of rotatable bonds is 4. The summed E-state index contributed by atoms with van der Waals surface area (Å²) in [6.45, 7) is 0. The van der Waals surface area contributed by atoms with Crippen molar-refractivity contribution in [2.45, 2.75) is 4.90 Å². The Labute approximate surface area is 153 Å². The summed E-state index contributed by atoms with van der Waals surface area (Å²) >= 11 is 6.72. The fourth-order valence-corrected chi connectivity index (χ4v) is 3.80. The molecule has 0 radical (unpaired) electrons. The molecule has 1 aliphatic heterocycles. The summed E-state index contributed by atoms with van der Waals surface area (Å²) < 4.78 is 30.0. The molecule has 0 saturated carbocycles. The van der Waals surface area contributed by atoms with Crippen LogP contribution in [0.5, 0.6) is 5.75 Å². The third-order valence-corrected chi connectivity index (χ3v) is 5.50. The van der Waals surface area contributed by atoms with E-state index in [1.807, 2.05) is 0 Å². The second-order valence-electron chi connectivity index (χ2n) is 4.92. The van der Waals surface area contributed by atoms with Crippen molar-refractivity contribution < 1.29 is 17.4 Å². The summed E-state index contributed by atoms with van der Waals surface area (Å²) in [5.74, 6) is -0.331. The van der Waals surface area contributed by atoms with E-state index in [1.54, 1.807) is 18.2 Å². The molecule has 6 nitrogen and oxygen atoms in total. The highest BCUT2D eigenvalue weighted by Crippen LogP contribution is 2.30. The molecule has 25 heavy (non-hydrogen) atoms. The van der Waals surface area contributed by atoms with Crippen molar-refractivity contribution in [3.63, 3.8) is 0 Å². The highest BCUT2D eigenvalue weighted by Gasteiger charge is 2.23. The Morgan fingerprint density at radius 2 is 1.80 bits per heavy atom. The molecular weight excluding hydrogens is 384 g/mol. The molecule has 1 amide bonds. The lowest BCUT2D eigenvalue weighted by atomic mass is 10.2. The van der Waals surface area contributed by atoms with E-state index in [9.17, 15) is 13.2 Å². The number of carbonyl (C=O) groups is 1. The SMILES string of the molecule is N=C1NC(=O)C(=Cc2ccccc2OS(=O)(=O)c2ccc(Cl)cc2)S1. The van der Waals surface area contributed by atoms with Crippen LogP contribution in [0.3, 0.4) is 0 Å². The van der Waals surface area contributed by atoms with Gasteiger partial charge in [0.05, 0.1) is 4.91 Å². The summed E-state index contributed by atoms with van der Waals surface area (Å²) in [6.07, 6.45) is 1.48. The van der Waals surface area contributed by atoms with Crippen molar-refractivity contribution >= 4 is 50.6 Å². The molecule has 1 fully saturated rings. The normalized spacial score (nSPS) is 16.1. The van der Waals surface area contributed by atoms with Gasteiger partial charge >= 0.3 is 10.1 Å². The Morgan fingerprint density at radius 3 is 2.44 bits per heavy atom. The van der Waals surface area contributed by atoms with Crippen molar-refractivity contribution in [3.05, 3.63) is 64.0 Å². The number of amidine groups is 1. The quantitative estimate of drug-likeness (QED) is 0.613. The second kappa shape index (κ2) is 6.91. The van der Waals surface area contributed by atoms with Crippen molar-refractivity contribution in [2.24, 2.45) is 0 Å². The van der Waals surface area contributed by atoms with E-state index in [4.69, 9.17) is 21.2 Å². The highest BCUT2D eigenvalue weighted by molar-refractivity contribution is 8.18. The van der Waals surface area contributed by atoms with Gasteiger partial charge in [-0.05, 0) is 48.2 Å². The minimum atomic E-state index is -4.05. The van der Waals surface area contributed by atoms with Gasteiger partial charge in [0, 0.05) is 10.6 Å². The Kier molecular flexibility index (Phi) is 4.85. The monoisotopic (exact) mass is 394 g/mol. The number of nitrogens with one attached hydrogen (secondary N) is 2. The smallest absolute Gasteiger partial charge is 0.339 e. The first kappa shape index (κ1) is 17.5. The molecule has 2 N–H and O–H groups in total. The molecule has 3 rings (SSSR count). The molecular formula is C16H11ClN2O4S2. The lowest BCUT2D eigenvalue weighted by Gasteiger charge is -2.10. The van der Waals surface area contributed by atoms with Gasteiger partial charge in [-0.15, -0.1) is 0 Å². The topological polar surface area (TPSA) is 96.3 Å². The van der Waals surface area contributed by atoms with Gasteiger partial charge in [-0.1, -0.05) is 29.8 Å². The lowest BCUT2D eigenvalue weighted by molar-refractivity contribution is -0.115. The molecule has 1 saturated heterocycles. The number of carbonyl (C=O) groups excluding carboxylic acids is 1. The van der Waals surface area contributed by atoms with Gasteiger partial charge in [-0.3, -0.25) is 10.2 Å². The number of para-hydroxylation sites is 1. The minimum absolute atomic E-state index is 0.0171. The number of benzene rings is 2. The summed E-state index contributed by atoms with van der Waals surface area (Å²) in [4.78, 5) is 12.0. The van der Waals surface area contributed by atoms with Gasteiger partial charge in [-0.25, -0.2) is 0 Å². The molecule has 2 aromatic rings. The molecule has 1 heterocycles. The van der Waals surface area contributed by atoms with E-state index < -0.39 is 16.0 Å². The van der Waals surface area contributed by atoms with Crippen molar-refractivity contribution in [2.75, 3.05) is 0 Å². The van der Waals surface area contributed by atoms with Crippen LogP contribution in [0.2, 0.25) is 5.02 Å². The standard InChI is InChI=1S/C16H11ClN2O4S2/c17-11-5-7-12(8-6-11)25(21,22)23-13-4-2-1-3-10(13)9-14-15(20)19-16(18)24-14/h1-9H,(H2,18,19,20). The summed E-state index contributed by atoms with van der Waals surface area (Å²) in [5.41, 5.74) is 0.410. The summed E-state index contributed by atoms with van der Waals surface area (Å²) in [7, 11) is -4.05. The van der Waals surface area contributed by atoms with Gasteiger partial charge in [0.25, 0.3) is 5.91 Å². The van der Waals surface area contributed by atoms with Crippen LogP contribution in [-0.4, -0.2) is 19.5 Å². The van der Waals surface area contributed by atoms with Crippen LogP contribution in [0.15, 0.2) is 58.3 Å². The van der Waals surface area contributed by atoms with E-state index in [1.165, 1.54) is 36.4 Å². The van der Waals surface area contributed by atoms with Crippen LogP contribution < -0.4 is 9.50 Å². The maximum atomic E-state index is 12.4. The number of hydrogen-bond acceptors (Lipinski definition) is 6. The van der Waals surface area contributed by atoms with Gasteiger partial charge < -0.3 is 9.50 Å². The van der Waals surface area contributed by atoms with Crippen molar-refractivity contribution in [3.8, 4) is 5.75 Å². The van der Waals surface area contributed by atoms with E-state index >= 15 is 0 Å². The Morgan fingerprint density at radius 1 is 1.12 bits per heavy atom. The fraction of sp³-hybridized carbons (Fsp3) is 0. The van der Waals surface area contributed by atoms with Gasteiger partial charge in [-0.2, -0.15) is 8.42 Å². The lowest BCUT2D eigenvalue weighted by Crippen LogP contribution is -2.18. The predicted octanol–water partition coefficient (Wildman–Crippen LogP) is 3.25. The van der Waals surface area contributed by atoms with E-state index in [0.717, 1.165) is 11.8 Å². The molecule has 0 spiro atoms. The summed E-state index contributed by atoms with van der Waals surface area (Å²) in [6, 6.07) is 12.0. The largest absolute Gasteiger partial charge is 0.378 e. The molecule has 1 aliphatic rings. The molecule has 9 heteroatoms. The first-order chi connectivity index (χ1) is 11.8. The zero-order valence-electron chi connectivity index (χ0n) is 12.5. The maximum Gasteiger partial charge on any atom is 0.339 e. The highest BCUT2D eigenvalue weighted by atomic mass is 35.5. The van der Waals surface area contributed by atoms with Gasteiger partial charge in [0.15, 0.2) is 5.17 Å². The molecule has 0 aliphatic carbocycles. The second-order valence-corrected chi connectivity index (χ2v) is 7.96. The van der Waals surface area contributed by atoms with Crippen LogP contribution >= 0.6 is 23.4 Å². The average Bonchev–Trinajstić information content (AvgIpc) is 2.87. The first-order valence-electron chi connectivity index (χ1n) is 6.94. The van der Waals surface area contributed by atoms with Crippen LogP contribution in [-0.2, 0) is 14.9 Å². The van der Waals surface area contributed by atoms with Crippen molar-refractivity contribution in [1.29, 1.82) is 5.41 Å². The molecule has 0 bridgehead atoms. The fourth-order valence-electron chi connectivity index (χ4n) is 2.03. The molecule has 0 unspecified atom stereocenters. The van der Waals surface area contributed by atoms with Crippen LogP contribution in [0.1, 0.15) is 5.56 Å². The zero-order valence-corrected chi connectivity index (χ0v) is 14.9. The molecule has 2 aromatic carbocycles. The Hall–Kier alpha value is -2.29. The van der Waals surface area contributed by atoms with Crippen LogP contribution in [0.25, 0.3) is 6.08 Å². The molecule has 0 atom stereocenters. The Bertz CT molecular complexity index is 985. The maximum absolute atomic E-state index is 12.4. The third kappa shape index (κ3) is 4.04. The third-order valence-electron chi connectivity index (χ3n) is 3.17. The van der Waals surface area contributed by atoms with Gasteiger partial charge in [0.1, 0.15) is 10.6 Å². The average molecular weight is 395 g/mol. The van der Waals surface area contributed by atoms with Crippen LogP contribution in [0.4, 0.5) is 0 Å². The predicted molar refractivity (Wildman–Crippen MR) is 97.1 cm³/mol. The van der Waals surface area contributed by atoms with E-state index in [2.05, 4.69) is 5.32 Å². The number of hydrogen-bond donors (Lipinski definition) is 2. The Balaban J connectivity index is 1.94. The number of amides is 1. The number of halogens is 1. The minimum Gasteiger partial charge on any atom is -0.378 e. The van der Waals surface area contributed by atoms with Crippen molar-refractivity contribution in [1.82, 2.24) is 5.32 Å². The van der Waals surface area contributed by atoms with Gasteiger partial charge in [0.2, 0.25) is 0 Å². The summed E-state index contributed by atoms with van der Waals surface area (Å²) in [5, 5.41) is 10.2. The van der Waals surface area contributed by atoms with E-state index in [-0.39, 0.29) is 20.7 Å². The first-order valence-corrected chi connectivity index (χ1v) is 9.54. The van der Waals surface area contributed by atoms with Crippen LogP contribution in [0, 0.1) is 5.41 Å². The number of thioether (sulfide) groups is 1. The zero-order chi connectivity index (χ0) is 18.0. The molecule has 0 aromatic heterocycles. The van der Waals surface area contributed by atoms with E-state index in [0.29, 0.717) is 10.6 Å². The molecule has 128 valence electrons.